The molecule has 1 saturated heterocycles. The molecule has 0 radical (unpaired) electrons. The quantitative estimate of drug-likeness (QED) is 0.751. The number of methoxy groups -OCH3 is 1. The van der Waals surface area contributed by atoms with Gasteiger partial charge in [0, 0.05) is 19.3 Å². The maximum absolute atomic E-state index is 13.9. The Balaban J connectivity index is 2.13. The molecule has 0 spiro atoms. The van der Waals surface area contributed by atoms with Gasteiger partial charge in [0.25, 0.3) is 0 Å². The van der Waals surface area contributed by atoms with E-state index in [0.717, 1.165) is 24.3 Å². The summed E-state index contributed by atoms with van der Waals surface area (Å²) in [6.45, 7) is -1.55. The molecule has 0 saturated carbocycles. The summed E-state index contributed by atoms with van der Waals surface area (Å²) in [6.07, 6.45) is -4.52. The van der Waals surface area contributed by atoms with E-state index in [2.05, 4.69) is 20.4 Å². The zero-order valence-corrected chi connectivity index (χ0v) is 14.0. The van der Waals surface area contributed by atoms with Crippen molar-refractivity contribution in [1.29, 1.82) is 5.26 Å². The van der Waals surface area contributed by atoms with Crippen LogP contribution in [0.25, 0.3) is 0 Å². The number of nitriles is 1. The molecule has 0 aromatic carbocycles. The predicted molar refractivity (Wildman–Crippen MR) is 82.9 cm³/mol. The number of ether oxygens (including phenoxy) is 1. The van der Waals surface area contributed by atoms with Gasteiger partial charge in [0.05, 0.1) is 24.6 Å². The maximum Gasteiger partial charge on any atom is 0.407 e. The Hall–Kier alpha value is -3.10. The van der Waals surface area contributed by atoms with Crippen molar-refractivity contribution in [1.82, 2.24) is 15.2 Å². The molecular weight excluding hydrogens is 374 g/mol. The third kappa shape index (κ3) is 4.96. The first kappa shape index (κ1) is 20.2. The third-order valence-electron chi connectivity index (χ3n) is 3.95. The second kappa shape index (κ2) is 8.07. The average Bonchev–Trinajstić information content (AvgIpc) is 3.05. The Morgan fingerprint density at radius 2 is 2.15 bits per heavy atom. The number of hydrogen-bond donors (Lipinski definition) is 2. The van der Waals surface area contributed by atoms with E-state index >= 15 is 0 Å². The lowest BCUT2D eigenvalue weighted by Crippen LogP contribution is -2.40. The van der Waals surface area contributed by atoms with Crippen molar-refractivity contribution in [3.63, 3.8) is 0 Å². The summed E-state index contributed by atoms with van der Waals surface area (Å²) < 4.78 is 58.1. The van der Waals surface area contributed by atoms with E-state index < -0.39 is 54.9 Å². The summed E-state index contributed by atoms with van der Waals surface area (Å²) in [7, 11) is 1.08. The first-order chi connectivity index (χ1) is 12.7. The third-order valence-corrected chi connectivity index (χ3v) is 3.95. The molecular formula is C15H15F4N5O3. The second-order valence-electron chi connectivity index (χ2n) is 5.71. The lowest BCUT2D eigenvalue weighted by Gasteiger charge is -2.22. The van der Waals surface area contributed by atoms with Gasteiger partial charge in [-0.15, -0.1) is 0 Å². The van der Waals surface area contributed by atoms with Gasteiger partial charge in [-0.25, -0.2) is 14.2 Å². The lowest BCUT2D eigenvalue weighted by atomic mass is 10.0. The van der Waals surface area contributed by atoms with Crippen LogP contribution in [0.5, 0.6) is 0 Å². The van der Waals surface area contributed by atoms with Crippen molar-refractivity contribution in [3.8, 4) is 6.07 Å². The van der Waals surface area contributed by atoms with E-state index in [0.29, 0.717) is 0 Å². The molecule has 2 N–H and O–H groups in total. The van der Waals surface area contributed by atoms with Crippen LogP contribution in [0.15, 0.2) is 12.3 Å². The number of carbonyl (C=O) groups is 2. The molecule has 12 heteroatoms. The highest BCUT2D eigenvalue weighted by Crippen LogP contribution is 2.35. The van der Waals surface area contributed by atoms with Crippen LogP contribution in [0.3, 0.4) is 0 Å². The average molecular weight is 389 g/mol. The normalized spacial score (nSPS) is 19.3. The molecule has 1 aliphatic heterocycles. The van der Waals surface area contributed by atoms with E-state index in [9.17, 15) is 27.2 Å². The van der Waals surface area contributed by atoms with Gasteiger partial charge in [-0.05, 0) is 6.07 Å². The van der Waals surface area contributed by atoms with Gasteiger partial charge in [0.15, 0.2) is 11.6 Å². The van der Waals surface area contributed by atoms with Gasteiger partial charge >= 0.3 is 12.3 Å². The minimum Gasteiger partial charge on any atom is -0.453 e. The fraction of sp³-hybridized carbons (Fsp3) is 0.467. The SMILES string of the molecule is COC(=O)NCC(=O)N1C[C@@H](C(F)(F)F)[C@H](Nc2ncc(C#N)cc2F)C1. The van der Waals surface area contributed by atoms with Crippen molar-refractivity contribution in [2.24, 2.45) is 5.92 Å². The summed E-state index contributed by atoms with van der Waals surface area (Å²) >= 11 is 0. The molecule has 1 fully saturated rings. The summed E-state index contributed by atoms with van der Waals surface area (Å²) in [4.78, 5) is 27.5. The van der Waals surface area contributed by atoms with E-state index in [-0.39, 0.29) is 12.1 Å². The monoisotopic (exact) mass is 389 g/mol. The topological polar surface area (TPSA) is 107 Å². The summed E-state index contributed by atoms with van der Waals surface area (Å²) in [5.41, 5.74) is -0.0810. The number of alkyl carbamates (subject to hydrolysis) is 1. The number of alkyl halides is 3. The van der Waals surface area contributed by atoms with Crippen LogP contribution in [0.4, 0.5) is 28.2 Å². The highest BCUT2D eigenvalue weighted by atomic mass is 19.4. The Labute approximate surface area is 151 Å². The zero-order chi connectivity index (χ0) is 20.2. The molecule has 2 rings (SSSR count). The van der Waals surface area contributed by atoms with Gasteiger partial charge < -0.3 is 20.3 Å². The van der Waals surface area contributed by atoms with E-state index in [1.165, 1.54) is 0 Å². The van der Waals surface area contributed by atoms with Crippen molar-refractivity contribution >= 4 is 17.8 Å². The maximum atomic E-state index is 13.9. The van der Waals surface area contributed by atoms with Crippen molar-refractivity contribution in [3.05, 3.63) is 23.6 Å². The lowest BCUT2D eigenvalue weighted by molar-refractivity contribution is -0.172. The molecule has 1 aromatic rings. The van der Waals surface area contributed by atoms with Crippen LogP contribution in [0.2, 0.25) is 0 Å². The standard InChI is InChI=1S/C15H15F4N5O3/c1-27-14(26)22-5-12(25)24-6-9(15(17,18)19)11(7-24)23-13-10(16)2-8(3-20)4-21-13/h2,4,9,11H,5-7H2,1H3,(H,21,23)(H,22,26)/t9-,11-/m1/s1. The molecule has 146 valence electrons. The van der Waals surface area contributed by atoms with Crippen LogP contribution in [-0.2, 0) is 9.53 Å². The van der Waals surface area contributed by atoms with E-state index in [4.69, 9.17) is 5.26 Å². The largest absolute Gasteiger partial charge is 0.453 e. The van der Waals surface area contributed by atoms with Crippen LogP contribution in [0, 0.1) is 23.1 Å². The van der Waals surface area contributed by atoms with Gasteiger partial charge in [0.1, 0.15) is 12.6 Å². The number of carbonyl (C=O) groups excluding carboxylic acids is 2. The van der Waals surface area contributed by atoms with Gasteiger partial charge in [0.2, 0.25) is 5.91 Å². The molecule has 2 heterocycles. The number of hydrogen-bond acceptors (Lipinski definition) is 6. The highest BCUT2D eigenvalue weighted by Gasteiger charge is 2.51. The Morgan fingerprint density at radius 3 is 2.70 bits per heavy atom. The summed E-state index contributed by atoms with van der Waals surface area (Å²) in [5.74, 6) is -4.13. The number of anilines is 1. The minimum atomic E-state index is -4.65. The minimum absolute atomic E-state index is 0.0810. The smallest absolute Gasteiger partial charge is 0.407 e. The predicted octanol–water partition coefficient (Wildman–Crippen LogP) is 1.25. The molecule has 2 amide bonds. The van der Waals surface area contributed by atoms with Crippen molar-refractivity contribution in [2.45, 2.75) is 12.2 Å². The fourth-order valence-corrected chi connectivity index (χ4v) is 2.60. The van der Waals surface area contributed by atoms with Crippen LogP contribution < -0.4 is 10.6 Å². The number of rotatable bonds is 4. The Kier molecular flexibility index (Phi) is 6.04. The van der Waals surface area contributed by atoms with Gasteiger partial charge in [-0.1, -0.05) is 0 Å². The number of amides is 2. The molecule has 0 unspecified atom stereocenters. The molecule has 0 bridgehead atoms. The number of halogens is 4. The van der Waals surface area contributed by atoms with E-state index in [1.54, 1.807) is 6.07 Å². The first-order valence-corrected chi connectivity index (χ1v) is 7.64. The van der Waals surface area contributed by atoms with Crippen molar-refractivity contribution < 1.29 is 31.9 Å². The molecule has 1 aromatic heterocycles. The summed E-state index contributed by atoms with van der Waals surface area (Å²) in [5, 5.41) is 13.1. The summed E-state index contributed by atoms with van der Waals surface area (Å²) in [6, 6.07) is 1.16. The Bertz CT molecular complexity index is 765. The molecule has 2 atom stereocenters. The first-order valence-electron chi connectivity index (χ1n) is 7.64. The number of nitrogens with zero attached hydrogens (tertiary/aromatic N) is 3. The highest BCUT2D eigenvalue weighted by molar-refractivity contribution is 5.82. The molecule has 8 nitrogen and oxygen atoms in total. The molecule has 1 aliphatic rings. The van der Waals surface area contributed by atoms with Gasteiger partial charge in [-0.2, -0.15) is 18.4 Å². The van der Waals surface area contributed by atoms with E-state index in [1.807, 2.05) is 0 Å². The van der Waals surface area contributed by atoms with Gasteiger partial charge in [-0.3, -0.25) is 4.79 Å². The number of likely N-dealkylation sites (tertiary alicyclic amines) is 1. The second-order valence-corrected chi connectivity index (χ2v) is 5.71. The Morgan fingerprint density at radius 1 is 1.44 bits per heavy atom. The molecule has 27 heavy (non-hydrogen) atoms. The zero-order valence-electron chi connectivity index (χ0n) is 14.0. The van der Waals surface area contributed by atoms with Crippen LogP contribution in [-0.4, -0.2) is 60.8 Å². The number of nitrogens with one attached hydrogen (secondary N) is 2. The number of aromatic nitrogens is 1. The van der Waals surface area contributed by atoms with Crippen molar-refractivity contribution in [2.75, 3.05) is 32.1 Å². The van der Waals surface area contributed by atoms with Crippen LogP contribution in [0.1, 0.15) is 5.56 Å². The van der Waals surface area contributed by atoms with Crippen LogP contribution >= 0.6 is 0 Å². The molecule has 0 aliphatic carbocycles. The fourth-order valence-electron chi connectivity index (χ4n) is 2.60. The number of pyridine rings is 1.